The van der Waals surface area contributed by atoms with Gasteiger partial charge in [-0.1, -0.05) is 42.6 Å². The minimum absolute atomic E-state index is 0.536. The summed E-state index contributed by atoms with van der Waals surface area (Å²) >= 11 is 3.59. The first-order chi connectivity index (χ1) is 9.60. The summed E-state index contributed by atoms with van der Waals surface area (Å²) in [5.41, 5.74) is 2.76. The zero-order chi connectivity index (χ0) is 15.0. The third kappa shape index (κ3) is 5.45. The fourth-order valence-electron chi connectivity index (χ4n) is 2.42. The van der Waals surface area contributed by atoms with Crippen LogP contribution in [0.4, 0.5) is 5.69 Å². The Bertz CT molecular complexity index is 391. The molecular formula is C17H29BrN2. The molecule has 0 amide bonds. The first-order valence-electron chi connectivity index (χ1n) is 7.85. The Morgan fingerprint density at radius 3 is 2.55 bits per heavy atom. The Hall–Kier alpha value is -0.540. The van der Waals surface area contributed by atoms with E-state index in [-0.39, 0.29) is 0 Å². The molecule has 0 aliphatic heterocycles. The molecule has 0 aliphatic carbocycles. The molecule has 20 heavy (non-hydrogen) atoms. The molecule has 0 saturated carbocycles. The molecule has 1 N–H and O–H groups in total. The first-order valence-corrected chi connectivity index (χ1v) is 8.65. The normalized spacial score (nSPS) is 11.1. The summed E-state index contributed by atoms with van der Waals surface area (Å²) < 4.78 is 1.16. The van der Waals surface area contributed by atoms with Gasteiger partial charge < -0.3 is 10.2 Å². The van der Waals surface area contributed by atoms with E-state index < -0.39 is 0 Å². The molecule has 3 heteroatoms. The molecule has 0 heterocycles. The summed E-state index contributed by atoms with van der Waals surface area (Å²) in [6.07, 6.45) is 3.85. The minimum Gasteiger partial charge on any atom is -0.369 e. The van der Waals surface area contributed by atoms with Crippen LogP contribution in [0.2, 0.25) is 0 Å². The van der Waals surface area contributed by atoms with Crippen molar-refractivity contribution in [3.05, 3.63) is 28.2 Å². The van der Waals surface area contributed by atoms with Crippen LogP contribution in [0, 0.1) is 0 Å². The topological polar surface area (TPSA) is 15.3 Å². The van der Waals surface area contributed by atoms with Crippen molar-refractivity contribution in [2.75, 3.05) is 18.0 Å². The number of anilines is 1. The van der Waals surface area contributed by atoms with Gasteiger partial charge in [-0.3, -0.25) is 0 Å². The largest absolute Gasteiger partial charge is 0.369 e. The summed E-state index contributed by atoms with van der Waals surface area (Å²) in [6.45, 7) is 12.1. The van der Waals surface area contributed by atoms with E-state index in [0.29, 0.717) is 6.04 Å². The van der Waals surface area contributed by atoms with Gasteiger partial charge in [0.15, 0.2) is 0 Å². The van der Waals surface area contributed by atoms with Crippen LogP contribution in [0.3, 0.4) is 0 Å². The van der Waals surface area contributed by atoms with E-state index in [9.17, 15) is 0 Å². The maximum atomic E-state index is 3.59. The van der Waals surface area contributed by atoms with Crippen molar-refractivity contribution in [2.24, 2.45) is 0 Å². The van der Waals surface area contributed by atoms with Gasteiger partial charge in [-0.05, 0) is 50.6 Å². The van der Waals surface area contributed by atoms with Gasteiger partial charge in [-0.15, -0.1) is 0 Å². The van der Waals surface area contributed by atoms with E-state index in [1.165, 1.54) is 30.5 Å². The molecule has 0 saturated heterocycles. The predicted molar refractivity (Wildman–Crippen MR) is 93.5 cm³/mol. The molecular weight excluding hydrogens is 312 g/mol. The molecule has 0 bridgehead atoms. The van der Waals surface area contributed by atoms with Crippen LogP contribution < -0.4 is 10.2 Å². The SMILES string of the molecule is CCCCCN(c1ccc(Br)cc1CNCC)C(C)C. The Kier molecular flexibility index (Phi) is 8.24. The second kappa shape index (κ2) is 9.41. The van der Waals surface area contributed by atoms with Crippen LogP contribution in [-0.4, -0.2) is 19.1 Å². The van der Waals surface area contributed by atoms with Gasteiger partial charge in [-0.25, -0.2) is 0 Å². The Morgan fingerprint density at radius 1 is 1.20 bits per heavy atom. The fourth-order valence-corrected chi connectivity index (χ4v) is 2.83. The van der Waals surface area contributed by atoms with E-state index in [4.69, 9.17) is 0 Å². The molecule has 0 atom stereocenters. The van der Waals surface area contributed by atoms with Crippen molar-refractivity contribution in [1.29, 1.82) is 0 Å². The zero-order valence-electron chi connectivity index (χ0n) is 13.4. The first kappa shape index (κ1) is 17.5. The van der Waals surface area contributed by atoms with Gasteiger partial charge in [0.1, 0.15) is 0 Å². The van der Waals surface area contributed by atoms with Gasteiger partial charge in [-0.2, -0.15) is 0 Å². The Balaban J connectivity index is 2.92. The summed E-state index contributed by atoms with van der Waals surface area (Å²) in [5.74, 6) is 0. The fraction of sp³-hybridized carbons (Fsp3) is 0.647. The van der Waals surface area contributed by atoms with E-state index in [2.05, 4.69) is 72.0 Å². The summed E-state index contributed by atoms with van der Waals surface area (Å²) in [4.78, 5) is 2.54. The summed E-state index contributed by atoms with van der Waals surface area (Å²) in [5, 5.41) is 3.45. The minimum atomic E-state index is 0.536. The maximum Gasteiger partial charge on any atom is 0.0414 e. The molecule has 0 spiro atoms. The van der Waals surface area contributed by atoms with Crippen molar-refractivity contribution in [3.63, 3.8) is 0 Å². The second-order valence-electron chi connectivity index (χ2n) is 5.55. The van der Waals surface area contributed by atoms with Crippen LogP contribution in [-0.2, 0) is 6.54 Å². The van der Waals surface area contributed by atoms with E-state index in [1.807, 2.05) is 0 Å². The lowest BCUT2D eigenvalue weighted by Gasteiger charge is -2.31. The lowest BCUT2D eigenvalue weighted by atomic mass is 10.1. The average molecular weight is 341 g/mol. The molecule has 1 aromatic carbocycles. The number of benzene rings is 1. The van der Waals surface area contributed by atoms with Crippen molar-refractivity contribution in [3.8, 4) is 0 Å². The molecule has 0 radical (unpaired) electrons. The van der Waals surface area contributed by atoms with Crippen molar-refractivity contribution in [2.45, 2.75) is 59.5 Å². The van der Waals surface area contributed by atoms with Crippen LogP contribution >= 0.6 is 15.9 Å². The smallest absolute Gasteiger partial charge is 0.0414 e. The molecule has 0 fully saturated rings. The summed E-state index contributed by atoms with van der Waals surface area (Å²) in [7, 11) is 0. The van der Waals surface area contributed by atoms with Crippen LogP contribution in [0.1, 0.15) is 52.5 Å². The van der Waals surface area contributed by atoms with Gasteiger partial charge in [0.05, 0.1) is 0 Å². The Morgan fingerprint density at radius 2 is 1.95 bits per heavy atom. The second-order valence-corrected chi connectivity index (χ2v) is 6.46. The molecule has 0 aromatic heterocycles. The van der Waals surface area contributed by atoms with E-state index in [1.54, 1.807) is 0 Å². The van der Waals surface area contributed by atoms with Crippen molar-refractivity contribution in [1.82, 2.24) is 5.32 Å². The van der Waals surface area contributed by atoms with Crippen LogP contribution in [0.15, 0.2) is 22.7 Å². The predicted octanol–water partition coefficient (Wildman–Crippen LogP) is 4.96. The number of rotatable bonds is 9. The number of nitrogens with zero attached hydrogens (tertiary/aromatic N) is 1. The van der Waals surface area contributed by atoms with Crippen molar-refractivity contribution < 1.29 is 0 Å². The molecule has 1 aromatic rings. The monoisotopic (exact) mass is 340 g/mol. The highest BCUT2D eigenvalue weighted by atomic mass is 79.9. The van der Waals surface area contributed by atoms with Crippen molar-refractivity contribution >= 4 is 21.6 Å². The number of unbranched alkanes of at least 4 members (excludes halogenated alkanes) is 2. The van der Waals surface area contributed by atoms with E-state index >= 15 is 0 Å². The summed E-state index contributed by atoms with van der Waals surface area (Å²) in [6, 6.07) is 7.18. The van der Waals surface area contributed by atoms with E-state index in [0.717, 1.165) is 24.1 Å². The molecule has 0 aliphatic rings. The number of hydrogen-bond acceptors (Lipinski definition) is 2. The third-order valence-electron chi connectivity index (χ3n) is 3.54. The van der Waals surface area contributed by atoms with Gasteiger partial charge >= 0.3 is 0 Å². The molecule has 1 rings (SSSR count). The Labute approximate surface area is 133 Å². The quantitative estimate of drug-likeness (QED) is 0.639. The van der Waals surface area contributed by atoms with Gasteiger partial charge in [0.2, 0.25) is 0 Å². The highest BCUT2D eigenvalue weighted by Crippen LogP contribution is 2.26. The number of halogens is 1. The van der Waals surface area contributed by atoms with Crippen LogP contribution in [0.5, 0.6) is 0 Å². The zero-order valence-corrected chi connectivity index (χ0v) is 15.0. The lowest BCUT2D eigenvalue weighted by Crippen LogP contribution is -2.33. The third-order valence-corrected chi connectivity index (χ3v) is 4.04. The average Bonchev–Trinajstić information content (AvgIpc) is 2.42. The number of hydrogen-bond donors (Lipinski definition) is 1. The van der Waals surface area contributed by atoms with Gasteiger partial charge in [0, 0.05) is 29.3 Å². The maximum absolute atomic E-state index is 3.59. The molecule has 0 unspecified atom stereocenters. The molecule has 114 valence electrons. The highest BCUT2D eigenvalue weighted by Gasteiger charge is 2.14. The van der Waals surface area contributed by atoms with Gasteiger partial charge in [0.25, 0.3) is 0 Å². The standard InChI is InChI=1S/C17H29BrN2/c1-5-7-8-11-20(14(3)4)17-10-9-16(18)12-15(17)13-19-6-2/h9-10,12,14,19H,5-8,11,13H2,1-4H3. The molecule has 2 nitrogen and oxygen atoms in total. The van der Waals surface area contributed by atoms with Crippen LogP contribution in [0.25, 0.3) is 0 Å². The number of nitrogens with one attached hydrogen (secondary N) is 1. The highest BCUT2D eigenvalue weighted by molar-refractivity contribution is 9.10. The lowest BCUT2D eigenvalue weighted by molar-refractivity contribution is 0.620.